The number of likely N-dealkylation sites (tertiary alicyclic amines) is 1. The number of amides is 1. The number of aliphatic carboxylic acids is 1. The summed E-state index contributed by atoms with van der Waals surface area (Å²) in [6.07, 6.45) is 1.06. The molecule has 2 heterocycles. The van der Waals surface area contributed by atoms with Crippen LogP contribution in [0.5, 0.6) is 0 Å². The van der Waals surface area contributed by atoms with Crippen molar-refractivity contribution in [1.29, 1.82) is 0 Å². The number of hydrogen-bond donors (Lipinski definition) is 1. The Labute approximate surface area is 123 Å². The number of rotatable bonds is 5. The summed E-state index contributed by atoms with van der Waals surface area (Å²) in [7, 11) is 1.45. The molecule has 1 aromatic heterocycles. The predicted octanol–water partition coefficient (Wildman–Crippen LogP) is 0.917. The Morgan fingerprint density at radius 3 is 2.81 bits per heavy atom. The van der Waals surface area contributed by atoms with Crippen molar-refractivity contribution in [3.05, 3.63) is 17.5 Å². The summed E-state index contributed by atoms with van der Waals surface area (Å²) in [4.78, 5) is 25.9. The van der Waals surface area contributed by atoms with E-state index in [1.54, 1.807) is 10.7 Å². The van der Waals surface area contributed by atoms with Crippen molar-refractivity contribution in [2.45, 2.75) is 38.8 Å². The van der Waals surface area contributed by atoms with Gasteiger partial charge < -0.3 is 14.7 Å². The minimum Gasteiger partial charge on any atom is -0.479 e. The van der Waals surface area contributed by atoms with E-state index in [4.69, 9.17) is 4.74 Å². The van der Waals surface area contributed by atoms with Gasteiger partial charge in [-0.25, -0.2) is 4.79 Å². The van der Waals surface area contributed by atoms with Gasteiger partial charge in [-0.15, -0.1) is 0 Å². The second kappa shape index (κ2) is 5.85. The standard InChI is InChI=1S/C14H21N3O4/c1-4-17-11(8-10(2)15-17)12(18)16-7-5-6-14(16,9-21-3)13(19)20/h8H,4-7,9H2,1-3H3,(H,19,20). The van der Waals surface area contributed by atoms with Crippen molar-refractivity contribution in [2.75, 3.05) is 20.3 Å². The van der Waals surface area contributed by atoms with Crippen molar-refractivity contribution in [1.82, 2.24) is 14.7 Å². The Hall–Kier alpha value is -1.89. The molecule has 21 heavy (non-hydrogen) atoms. The number of ether oxygens (including phenoxy) is 1. The van der Waals surface area contributed by atoms with Crippen LogP contribution in [0.3, 0.4) is 0 Å². The van der Waals surface area contributed by atoms with Crippen LogP contribution in [0, 0.1) is 6.92 Å². The number of carboxylic acid groups (broad SMARTS) is 1. The third kappa shape index (κ3) is 2.53. The molecule has 1 aromatic rings. The molecule has 0 aliphatic carbocycles. The highest BCUT2D eigenvalue weighted by atomic mass is 16.5. The molecule has 0 radical (unpaired) electrons. The number of hydrogen-bond acceptors (Lipinski definition) is 4. The van der Waals surface area contributed by atoms with Crippen molar-refractivity contribution in [3.8, 4) is 0 Å². The van der Waals surface area contributed by atoms with Gasteiger partial charge in [-0.2, -0.15) is 5.10 Å². The molecule has 7 heteroatoms. The van der Waals surface area contributed by atoms with Crippen LogP contribution in [0.15, 0.2) is 6.07 Å². The van der Waals surface area contributed by atoms with Crippen molar-refractivity contribution in [2.24, 2.45) is 0 Å². The van der Waals surface area contributed by atoms with Crippen LogP contribution in [-0.4, -0.2) is 57.5 Å². The fraction of sp³-hybridized carbons (Fsp3) is 0.643. The first-order chi connectivity index (χ1) is 9.96. The average Bonchev–Trinajstić information content (AvgIpc) is 3.02. The van der Waals surface area contributed by atoms with E-state index in [1.807, 2.05) is 13.8 Å². The van der Waals surface area contributed by atoms with Crippen molar-refractivity contribution >= 4 is 11.9 Å². The van der Waals surface area contributed by atoms with E-state index in [-0.39, 0.29) is 12.5 Å². The molecule has 1 aliphatic rings. The Bertz CT molecular complexity index is 554. The summed E-state index contributed by atoms with van der Waals surface area (Å²) in [5, 5.41) is 13.8. The first-order valence-electron chi connectivity index (χ1n) is 7.05. The zero-order chi connectivity index (χ0) is 15.6. The highest BCUT2D eigenvalue weighted by Crippen LogP contribution is 2.31. The summed E-state index contributed by atoms with van der Waals surface area (Å²) in [6.45, 7) is 4.68. The highest BCUT2D eigenvalue weighted by Gasteiger charge is 2.50. The van der Waals surface area contributed by atoms with Crippen LogP contribution >= 0.6 is 0 Å². The van der Waals surface area contributed by atoms with Gasteiger partial charge in [-0.05, 0) is 32.8 Å². The molecule has 0 aromatic carbocycles. The van der Waals surface area contributed by atoms with Crippen LogP contribution in [-0.2, 0) is 16.1 Å². The van der Waals surface area contributed by atoms with Gasteiger partial charge in [0.1, 0.15) is 5.69 Å². The zero-order valence-corrected chi connectivity index (χ0v) is 12.6. The van der Waals surface area contributed by atoms with E-state index in [2.05, 4.69) is 5.10 Å². The molecule has 1 fully saturated rings. The minimum absolute atomic E-state index is 0.00663. The SMILES string of the molecule is CCn1nc(C)cc1C(=O)N1CCCC1(COC)C(=O)O. The van der Waals surface area contributed by atoms with Crippen molar-refractivity contribution < 1.29 is 19.4 Å². The molecule has 1 aliphatic heterocycles. The average molecular weight is 295 g/mol. The molecule has 0 bridgehead atoms. The number of carboxylic acids is 1. The lowest BCUT2D eigenvalue weighted by atomic mass is 9.97. The molecule has 7 nitrogen and oxygen atoms in total. The predicted molar refractivity (Wildman–Crippen MR) is 75.2 cm³/mol. The van der Waals surface area contributed by atoms with Crippen LogP contribution in [0.2, 0.25) is 0 Å². The third-order valence-corrected chi connectivity index (χ3v) is 3.94. The van der Waals surface area contributed by atoms with Gasteiger partial charge in [0.05, 0.1) is 12.3 Å². The Kier molecular flexibility index (Phi) is 4.32. The molecule has 116 valence electrons. The van der Waals surface area contributed by atoms with E-state index in [0.29, 0.717) is 31.6 Å². The molecule has 1 atom stereocenters. The third-order valence-electron chi connectivity index (χ3n) is 3.94. The molecule has 1 amide bonds. The van der Waals surface area contributed by atoms with E-state index < -0.39 is 11.5 Å². The summed E-state index contributed by atoms with van der Waals surface area (Å²) >= 11 is 0. The summed E-state index contributed by atoms with van der Waals surface area (Å²) in [6, 6.07) is 1.70. The number of carbonyl (C=O) groups is 2. The zero-order valence-electron chi connectivity index (χ0n) is 12.6. The highest BCUT2D eigenvalue weighted by molar-refractivity contribution is 5.97. The second-order valence-corrected chi connectivity index (χ2v) is 5.32. The lowest BCUT2D eigenvalue weighted by Crippen LogP contribution is -2.56. The molecular weight excluding hydrogens is 274 g/mol. The molecule has 0 saturated carbocycles. The summed E-state index contributed by atoms with van der Waals surface area (Å²) < 4.78 is 6.68. The largest absolute Gasteiger partial charge is 0.479 e. The first-order valence-corrected chi connectivity index (χ1v) is 7.05. The quantitative estimate of drug-likeness (QED) is 0.873. The molecule has 1 saturated heterocycles. The Morgan fingerprint density at radius 2 is 2.24 bits per heavy atom. The smallest absolute Gasteiger partial charge is 0.332 e. The maximum Gasteiger partial charge on any atom is 0.332 e. The van der Waals surface area contributed by atoms with Crippen LogP contribution in [0.4, 0.5) is 0 Å². The van der Waals surface area contributed by atoms with E-state index in [1.165, 1.54) is 12.0 Å². The number of nitrogens with zero attached hydrogens (tertiary/aromatic N) is 3. The number of methoxy groups -OCH3 is 1. The minimum atomic E-state index is -1.28. The molecular formula is C14H21N3O4. The van der Waals surface area contributed by atoms with Gasteiger partial charge in [-0.3, -0.25) is 9.48 Å². The summed E-state index contributed by atoms with van der Waals surface area (Å²) in [5.41, 5.74) is -0.103. The van der Waals surface area contributed by atoms with Crippen molar-refractivity contribution in [3.63, 3.8) is 0 Å². The van der Waals surface area contributed by atoms with Crippen LogP contribution in [0.1, 0.15) is 35.9 Å². The fourth-order valence-electron chi connectivity index (χ4n) is 2.94. The monoisotopic (exact) mass is 295 g/mol. The molecule has 2 rings (SSSR count). The van der Waals surface area contributed by atoms with Gasteiger partial charge in [0.2, 0.25) is 0 Å². The molecule has 0 spiro atoms. The maximum atomic E-state index is 12.8. The number of aromatic nitrogens is 2. The van der Waals surface area contributed by atoms with E-state index >= 15 is 0 Å². The lowest BCUT2D eigenvalue weighted by molar-refractivity contribution is -0.151. The van der Waals surface area contributed by atoms with Gasteiger partial charge in [-0.1, -0.05) is 0 Å². The summed E-state index contributed by atoms with van der Waals surface area (Å²) in [5.74, 6) is -1.32. The normalized spacial score (nSPS) is 21.8. The van der Waals surface area contributed by atoms with E-state index in [0.717, 1.165) is 5.69 Å². The lowest BCUT2D eigenvalue weighted by Gasteiger charge is -2.34. The van der Waals surface area contributed by atoms with E-state index in [9.17, 15) is 14.7 Å². The fourth-order valence-corrected chi connectivity index (χ4v) is 2.94. The maximum absolute atomic E-state index is 12.8. The Morgan fingerprint density at radius 1 is 1.52 bits per heavy atom. The Balaban J connectivity index is 2.38. The van der Waals surface area contributed by atoms with Gasteiger partial charge in [0.15, 0.2) is 5.54 Å². The number of carbonyl (C=O) groups excluding carboxylic acids is 1. The van der Waals surface area contributed by atoms with Gasteiger partial charge >= 0.3 is 5.97 Å². The first kappa shape index (κ1) is 15.5. The topological polar surface area (TPSA) is 84.7 Å². The number of aryl methyl sites for hydroxylation is 2. The van der Waals surface area contributed by atoms with Gasteiger partial charge in [0, 0.05) is 20.2 Å². The van der Waals surface area contributed by atoms with Crippen LogP contribution < -0.4 is 0 Å². The van der Waals surface area contributed by atoms with Crippen LogP contribution in [0.25, 0.3) is 0 Å². The van der Waals surface area contributed by atoms with Gasteiger partial charge in [0.25, 0.3) is 5.91 Å². The second-order valence-electron chi connectivity index (χ2n) is 5.32. The molecule has 1 N–H and O–H groups in total. The molecule has 1 unspecified atom stereocenters.